The molecule has 0 atom stereocenters. The van der Waals surface area contributed by atoms with Crippen LogP contribution >= 0.6 is 0 Å². The van der Waals surface area contributed by atoms with Crippen molar-refractivity contribution in [1.82, 2.24) is 0 Å². The summed E-state index contributed by atoms with van der Waals surface area (Å²) in [6.07, 6.45) is 4.32. The molecule has 0 saturated heterocycles. The van der Waals surface area contributed by atoms with Crippen LogP contribution in [0.4, 0.5) is 4.39 Å². The SMILES string of the molecule is CCCc1ccc(C#Cc2ccc3cc(CCC)ccc3c2F)cc1. The molecular formula is C24H23F. The molecule has 0 aliphatic carbocycles. The van der Waals surface area contributed by atoms with Crippen LogP contribution in [0, 0.1) is 17.7 Å². The van der Waals surface area contributed by atoms with Crippen molar-refractivity contribution in [2.45, 2.75) is 39.5 Å². The van der Waals surface area contributed by atoms with Gasteiger partial charge in [-0.25, -0.2) is 4.39 Å². The van der Waals surface area contributed by atoms with Crippen LogP contribution in [-0.2, 0) is 12.8 Å². The van der Waals surface area contributed by atoms with E-state index < -0.39 is 0 Å². The summed E-state index contributed by atoms with van der Waals surface area (Å²) < 4.78 is 14.8. The highest BCUT2D eigenvalue weighted by atomic mass is 19.1. The summed E-state index contributed by atoms with van der Waals surface area (Å²) in [5.74, 6) is 5.84. The van der Waals surface area contributed by atoms with Gasteiger partial charge in [-0.3, -0.25) is 0 Å². The van der Waals surface area contributed by atoms with Crippen LogP contribution in [0.2, 0.25) is 0 Å². The Bertz CT molecular complexity index is 924. The van der Waals surface area contributed by atoms with Crippen molar-refractivity contribution < 1.29 is 4.39 Å². The van der Waals surface area contributed by atoms with E-state index in [0.29, 0.717) is 10.9 Å². The number of aryl methyl sites for hydroxylation is 2. The lowest BCUT2D eigenvalue weighted by atomic mass is 10.0. The fraction of sp³-hybridized carbons (Fsp3) is 0.250. The van der Waals surface area contributed by atoms with E-state index in [0.717, 1.165) is 36.6 Å². The van der Waals surface area contributed by atoms with Gasteiger partial charge in [0.25, 0.3) is 0 Å². The van der Waals surface area contributed by atoms with Crippen molar-refractivity contribution in [2.24, 2.45) is 0 Å². The monoisotopic (exact) mass is 330 g/mol. The van der Waals surface area contributed by atoms with Crippen molar-refractivity contribution in [3.05, 3.63) is 82.7 Å². The fourth-order valence-corrected chi connectivity index (χ4v) is 3.06. The highest BCUT2D eigenvalue weighted by Crippen LogP contribution is 2.22. The first-order valence-electron chi connectivity index (χ1n) is 9.03. The molecule has 0 aliphatic rings. The van der Waals surface area contributed by atoms with Gasteiger partial charge in [0, 0.05) is 10.9 Å². The number of fused-ring (bicyclic) bond motifs is 1. The van der Waals surface area contributed by atoms with Crippen LogP contribution in [0.15, 0.2) is 54.6 Å². The van der Waals surface area contributed by atoms with Crippen LogP contribution in [0.5, 0.6) is 0 Å². The van der Waals surface area contributed by atoms with Crippen LogP contribution in [0.3, 0.4) is 0 Å². The van der Waals surface area contributed by atoms with Crippen LogP contribution in [0.25, 0.3) is 10.8 Å². The van der Waals surface area contributed by atoms with E-state index >= 15 is 0 Å². The minimum absolute atomic E-state index is 0.226. The molecule has 3 aromatic carbocycles. The second-order valence-corrected chi connectivity index (χ2v) is 6.43. The highest BCUT2D eigenvalue weighted by molar-refractivity contribution is 5.85. The van der Waals surface area contributed by atoms with Crippen LogP contribution < -0.4 is 0 Å². The second kappa shape index (κ2) is 7.99. The van der Waals surface area contributed by atoms with Crippen molar-refractivity contribution in [3.63, 3.8) is 0 Å². The summed E-state index contributed by atoms with van der Waals surface area (Å²) in [5, 5.41) is 1.59. The van der Waals surface area contributed by atoms with E-state index in [1.54, 1.807) is 6.07 Å². The highest BCUT2D eigenvalue weighted by Gasteiger charge is 2.06. The summed E-state index contributed by atoms with van der Waals surface area (Å²) >= 11 is 0. The first kappa shape index (κ1) is 17.2. The Labute approximate surface area is 149 Å². The van der Waals surface area contributed by atoms with Crippen molar-refractivity contribution >= 4 is 10.8 Å². The van der Waals surface area contributed by atoms with Gasteiger partial charge in [-0.05, 0) is 47.6 Å². The lowest BCUT2D eigenvalue weighted by molar-refractivity contribution is 0.636. The van der Waals surface area contributed by atoms with E-state index in [1.165, 1.54) is 11.1 Å². The normalized spacial score (nSPS) is 10.5. The first-order valence-corrected chi connectivity index (χ1v) is 9.03. The average Bonchev–Trinajstić information content (AvgIpc) is 2.63. The predicted molar refractivity (Wildman–Crippen MR) is 104 cm³/mol. The molecule has 0 nitrogen and oxygen atoms in total. The van der Waals surface area contributed by atoms with Gasteiger partial charge in [0.1, 0.15) is 5.82 Å². The molecule has 0 bridgehead atoms. The van der Waals surface area contributed by atoms with Gasteiger partial charge in [-0.1, -0.05) is 74.9 Å². The third-order valence-corrected chi connectivity index (χ3v) is 4.39. The molecule has 3 rings (SSSR count). The van der Waals surface area contributed by atoms with E-state index in [-0.39, 0.29) is 5.82 Å². The van der Waals surface area contributed by atoms with Crippen molar-refractivity contribution in [3.8, 4) is 11.8 Å². The molecule has 0 amide bonds. The van der Waals surface area contributed by atoms with Gasteiger partial charge in [0.05, 0.1) is 5.56 Å². The minimum Gasteiger partial charge on any atom is -0.205 e. The Morgan fingerprint density at radius 1 is 0.760 bits per heavy atom. The van der Waals surface area contributed by atoms with Gasteiger partial charge in [-0.2, -0.15) is 0 Å². The number of rotatable bonds is 4. The predicted octanol–water partition coefficient (Wildman–Crippen LogP) is 6.28. The number of halogens is 1. The molecule has 0 saturated carbocycles. The smallest absolute Gasteiger partial charge is 0.146 e. The Morgan fingerprint density at radius 3 is 2.16 bits per heavy atom. The quantitative estimate of drug-likeness (QED) is 0.494. The molecule has 1 heteroatoms. The maximum Gasteiger partial charge on any atom is 0.146 e. The molecule has 0 spiro atoms. The zero-order chi connectivity index (χ0) is 17.6. The van der Waals surface area contributed by atoms with Gasteiger partial charge < -0.3 is 0 Å². The van der Waals surface area contributed by atoms with E-state index in [4.69, 9.17) is 0 Å². The molecule has 0 radical (unpaired) electrons. The third-order valence-electron chi connectivity index (χ3n) is 4.39. The van der Waals surface area contributed by atoms with Gasteiger partial charge >= 0.3 is 0 Å². The van der Waals surface area contributed by atoms with Crippen molar-refractivity contribution in [2.75, 3.05) is 0 Å². The average molecular weight is 330 g/mol. The molecule has 0 aromatic heterocycles. The fourth-order valence-electron chi connectivity index (χ4n) is 3.06. The lowest BCUT2D eigenvalue weighted by Gasteiger charge is -2.05. The minimum atomic E-state index is -0.226. The van der Waals surface area contributed by atoms with Gasteiger partial charge in [0.2, 0.25) is 0 Å². The maximum absolute atomic E-state index is 14.8. The number of hydrogen-bond donors (Lipinski definition) is 0. The topological polar surface area (TPSA) is 0 Å². The van der Waals surface area contributed by atoms with Crippen molar-refractivity contribution in [1.29, 1.82) is 0 Å². The summed E-state index contributed by atoms with van der Waals surface area (Å²) in [4.78, 5) is 0. The lowest BCUT2D eigenvalue weighted by Crippen LogP contribution is -1.89. The molecular weight excluding hydrogens is 307 g/mol. The maximum atomic E-state index is 14.8. The van der Waals surface area contributed by atoms with E-state index in [9.17, 15) is 4.39 Å². The molecule has 3 aromatic rings. The molecule has 25 heavy (non-hydrogen) atoms. The molecule has 0 unspecified atom stereocenters. The summed E-state index contributed by atoms with van der Waals surface area (Å²) in [5.41, 5.74) is 3.93. The number of hydrogen-bond acceptors (Lipinski definition) is 0. The standard InChI is InChI=1S/C24H23F/c1-3-5-18-7-9-19(10-8-18)11-13-21-14-15-22-17-20(6-4-2)12-16-23(22)24(21)25/h7-10,12,14-17H,3-6H2,1-2H3. The largest absolute Gasteiger partial charge is 0.205 e. The Kier molecular flexibility index (Phi) is 5.51. The van der Waals surface area contributed by atoms with Crippen LogP contribution in [-0.4, -0.2) is 0 Å². The molecule has 0 N–H and O–H groups in total. The number of benzene rings is 3. The van der Waals surface area contributed by atoms with Gasteiger partial charge in [-0.15, -0.1) is 0 Å². The third kappa shape index (κ3) is 4.09. The van der Waals surface area contributed by atoms with E-state index in [2.05, 4.69) is 43.9 Å². The summed E-state index contributed by atoms with van der Waals surface area (Å²) in [7, 11) is 0. The van der Waals surface area contributed by atoms with Gasteiger partial charge in [0.15, 0.2) is 0 Å². The van der Waals surface area contributed by atoms with Crippen LogP contribution in [0.1, 0.15) is 48.9 Å². The zero-order valence-corrected chi connectivity index (χ0v) is 14.9. The van der Waals surface area contributed by atoms with E-state index in [1.807, 2.05) is 30.3 Å². The summed E-state index contributed by atoms with van der Waals surface area (Å²) in [6, 6.07) is 17.9. The first-order chi connectivity index (χ1) is 12.2. The second-order valence-electron chi connectivity index (χ2n) is 6.43. The molecule has 0 aliphatic heterocycles. The Balaban J connectivity index is 1.89. The molecule has 126 valence electrons. The zero-order valence-electron chi connectivity index (χ0n) is 14.9. The Morgan fingerprint density at radius 2 is 1.44 bits per heavy atom. The molecule has 0 heterocycles. The Hall–Kier alpha value is -2.59. The summed E-state index contributed by atoms with van der Waals surface area (Å²) in [6.45, 7) is 4.32. The molecule has 0 fully saturated rings.